The molecule has 138 valence electrons. The Morgan fingerprint density at radius 1 is 1.00 bits per heavy atom. The van der Waals surface area contributed by atoms with Gasteiger partial charge in [0.25, 0.3) is 0 Å². The Hall–Kier alpha value is -2.69. The van der Waals surface area contributed by atoms with Crippen molar-refractivity contribution < 1.29 is 9.63 Å². The molecule has 0 fully saturated rings. The Labute approximate surface area is 155 Å². The molecule has 1 aromatic heterocycles. The second kappa shape index (κ2) is 11.8. The van der Waals surface area contributed by atoms with Gasteiger partial charge in [-0.1, -0.05) is 80.6 Å². The van der Waals surface area contributed by atoms with Gasteiger partial charge in [-0.2, -0.15) is 0 Å². The van der Waals surface area contributed by atoms with Crippen LogP contribution in [0.5, 0.6) is 0 Å². The zero-order valence-corrected chi connectivity index (χ0v) is 15.4. The molecule has 0 saturated carbocycles. The molecule has 1 amide bonds. The van der Waals surface area contributed by atoms with E-state index in [1.165, 1.54) is 25.7 Å². The number of oxime groups is 1. The quantitative estimate of drug-likeness (QED) is 0.285. The summed E-state index contributed by atoms with van der Waals surface area (Å²) in [6, 6.07) is 15.1. The molecule has 0 saturated heterocycles. The summed E-state index contributed by atoms with van der Waals surface area (Å²) in [4.78, 5) is 21.2. The van der Waals surface area contributed by atoms with Crippen LogP contribution in [-0.2, 0) is 4.84 Å². The fourth-order valence-electron chi connectivity index (χ4n) is 2.56. The first-order valence-electron chi connectivity index (χ1n) is 9.31. The number of hydrogen-bond acceptors (Lipinski definition) is 4. The number of nitrogens with one attached hydrogen (secondary N) is 1. The molecule has 0 aliphatic heterocycles. The number of amides is 1. The van der Waals surface area contributed by atoms with Crippen LogP contribution < -0.4 is 5.32 Å². The SMILES string of the molecule is CCCCCCCCNC(=O)O/N=C(/c1ccccc1)c1ccccn1. The monoisotopic (exact) mass is 353 g/mol. The van der Waals surface area contributed by atoms with E-state index in [0.29, 0.717) is 18.0 Å². The summed E-state index contributed by atoms with van der Waals surface area (Å²) in [6.07, 6.45) is 8.20. The van der Waals surface area contributed by atoms with Gasteiger partial charge in [-0.05, 0) is 18.6 Å². The minimum atomic E-state index is -0.539. The van der Waals surface area contributed by atoms with Crippen molar-refractivity contribution in [2.45, 2.75) is 45.4 Å². The van der Waals surface area contributed by atoms with E-state index in [1.807, 2.05) is 48.5 Å². The van der Waals surface area contributed by atoms with Crippen LogP contribution >= 0.6 is 0 Å². The summed E-state index contributed by atoms with van der Waals surface area (Å²) in [5, 5.41) is 6.79. The highest BCUT2D eigenvalue weighted by atomic mass is 16.7. The number of benzene rings is 1. The van der Waals surface area contributed by atoms with Crippen LogP contribution in [0.25, 0.3) is 0 Å². The van der Waals surface area contributed by atoms with Crippen molar-refractivity contribution in [3.8, 4) is 0 Å². The lowest BCUT2D eigenvalue weighted by atomic mass is 10.1. The molecule has 26 heavy (non-hydrogen) atoms. The second-order valence-electron chi connectivity index (χ2n) is 6.09. The highest BCUT2D eigenvalue weighted by molar-refractivity contribution is 6.11. The van der Waals surface area contributed by atoms with E-state index >= 15 is 0 Å². The predicted molar refractivity (Wildman–Crippen MR) is 104 cm³/mol. The van der Waals surface area contributed by atoms with Gasteiger partial charge in [0.1, 0.15) is 5.71 Å². The van der Waals surface area contributed by atoms with Crippen LogP contribution in [0.4, 0.5) is 4.79 Å². The average molecular weight is 353 g/mol. The van der Waals surface area contributed by atoms with Crippen LogP contribution in [0.2, 0.25) is 0 Å². The molecule has 0 aliphatic carbocycles. The molecule has 0 bridgehead atoms. The Morgan fingerprint density at radius 3 is 2.46 bits per heavy atom. The minimum Gasteiger partial charge on any atom is -0.320 e. The van der Waals surface area contributed by atoms with Crippen LogP contribution in [0, 0.1) is 0 Å². The van der Waals surface area contributed by atoms with Crippen molar-refractivity contribution >= 4 is 11.8 Å². The Balaban J connectivity index is 1.87. The van der Waals surface area contributed by atoms with Gasteiger partial charge in [-0.3, -0.25) is 9.82 Å². The number of rotatable bonds is 10. The topological polar surface area (TPSA) is 63.6 Å². The van der Waals surface area contributed by atoms with Gasteiger partial charge >= 0.3 is 6.09 Å². The number of nitrogens with zero attached hydrogens (tertiary/aromatic N) is 2. The van der Waals surface area contributed by atoms with Gasteiger partial charge in [0.05, 0.1) is 5.69 Å². The molecule has 2 rings (SSSR count). The van der Waals surface area contributed by atoms with Gasteiger partial charge in [0, 0.05) is 18.3 Å². The van der Waals surface area contributed by atoms with Crippen molar-refractivity contribution in [1.29, 1.82) is 0 Å². The third-order valence-electron chi connectivity index (χ3n) is 3.97. The molecule has 5 nitrogen and oxygen atoms in total. The summed E-state index contributed by atoms with van der Waals surface area (Å²) in [5.41, 5.74) is 2.03. The van der Waals surface area contributed by atoms with E-state index in [2.05, 4.69) is 22.4 Å². The van der Waals surface area contributed by atoms with Gasteiger partial charge in [0.2, 0.25) is 0 Å². The normalized spacial score (nSPS) is 11.2. The first-order chi connectivity index (χ1) is 12.8. The number of hydrogen-bond donors (Lipinski definition) is 1. The predicted octanol–water partition coefficient (Wildman–Crippen LogP) is 4.92. The van der Waals surface area contributed by atoms with E-state index < -0.39 is 6.09 Å². The van der Waals surface area contributed by atoms with E-state index in [1.54, 1.807) is 6.20 Å². The van der Waals surface area contributed by atoms with Gasteiger partial charge in [-0.25, -0.2) is 4.79 Å². The standard InChI is InChI=1S/C21H27N3O2/c1-2-3-4-5-6-11-17-23-21(25)26-24-20(18-13-8-7-9-14-18)19-15-10-12-16-22-19/h7-10,12-16H,2-6,11,17H2,1H3,(H,23,25)/b24-20-. The molecule has 5 heteroatoms. The molecule has 1 aromatic carbocycles. The maximum atomic E-state index is 11.9. The molecule has 1 heterocycles. The Morgan fingerprint density at radius 2 is 1.73 bits per heavy atom. The van der Waals surface area contributed by atoms with Gasteiger partial charge in [-0.15, -0.1) is 0 Å². The molecule has 0 radical (unpaired) electrons. The number of unbranched alkanes of at least 4 members (excludes halogenated alkanes) is 5. The second-order valence-corrected chi connectivity index (χ2v) is 6.09. The van der Waals surface area contributed by atoms with E-state index in [4.69, 9.17) is 4.84 Å². The van der Waals surface area contributed by atoms with Crippen LogP contribution in [0.1, 0.15) is 56.7 Å². The lowest BCUT2D eigenvalue weighted by Crippen LogP contribution is -2.24. The summed E-state index contributed by atoms with van der Waals surface area (Å²) in [5.74, 6) is 0. The van der Waals surface area contributed by atoms with Crippen molar-refractivity contribution in [2.24, 2.45) is 5.16 Å². The van der Waals surface area contributed by atoms with Crippen molar-refractivity contribution in [1.82, 2.24) is 10.3 Å². The van der Waals surface area contributed by atoms with Crippen LogP contribution in [0.3, 0.4) is 0 Å². The van der Waals surface area contributed by atoms with Crippen molar-refractivity contribution in [3.05, 3.63) is 66.0 Å². The lowest BCUT2D eigenvalue weighted by molar-refractivity contribution is 0.150. The third-order valence-corrected chi connectivity index (χ3v) is 3.97. The first-order valence-corrected chi connectivity index (χ1v) is 9.31. The van der Waals surface area contributed by atoms with Crippen molar-refractivity contribution in [3.63, 3.8) is 0 Å². The number of carbonyl (C=O) groups is 1. The van der Waals surface area contributed by atoms with E-state index in [-0.39, 0.29) is 0 Å². The summed E-state index contributed by atoms with van der Waals surface area (Å²) in [7, 11) is 0. The van der Waals surface area contributed by atoms with E-state index in [0.717, 1.165) is 18.4 Å². The van der Waals surface area contributed by atoms with Crippen molar-refractivity contribution in [2.75, 3.05) is 6.54 Å². The fourth-order valence-corrected chi connectivity index (χ4v) is 2.56. The lowest BCUT2D eigenvalue weighted by Gasteiger charge is -2.07. The molecule has 1 N–H and O–H groups in total. The maximum Gasteiger partial charge on any atom is 0.433 e. The summed E-state index contributed by atoms with van der Waals surface area (Å²) < 4.78 is 0. The molecule has 0 aliphatic rings. The zero-order chi connectivity index (χ0) is 18.5. The average Bonchev–Trinajstić information content (AvgIpc) is 2.69. The van der Waals surface area contributed by atoms with Gasteiger partial charge < -0.3 is 5.32 Å². The highest BCUT2D eigenvalue weighted by Crippen LogP contribution is 2.09. The smallest absolute Gasteiger partial charge is 0.320 e. The molecular formula is C21H27N3O2. The third kappa shape index (κ3) is 7.05. The Bertz CT molecular complexity index is 631. The van der Waals surface area contributed by atoms with Crippen LogP contribution in [-0.4, -0.2) is 23.3 Å². The Kier molecular flexibility index (Phi) is 8.90. The molecule has 0 spiro atoms. The van der Waals surface area contributed by atoms with Crippen LogP contribution in [0.15, 0.2) is 59.9 Å². The minimum absolute atomic E-state index is 0.529. The molecular weight excluding hydrogens is 326 g/mol. The number of carbonyl (C=O) groups excluding carboxylic acids is 1. The highest BCUT2D eigenvalue weighted by Gasteiger charge is 2.10. The molecule has 0 unspecified atom stereocenters. The summed E-state index contributed by atoms with van der Waals surface area (Å²) in [6.45, 7) is 2.80. The molecule has 2 aromatic rings. The molecule has 0 atom stereocenters. The number of pyridine rings is 1. The van der Waals surface area contributed by atoms with Gasteiger partial charge in [0.15, 0.2) is 0 Å². The maximum absolute atomic E-state index is 11.9. The number of aromatic nitrogens is 1. The zero-order valence-electron chi connectivity index (χ0n) is 15.4. The first kappa shape index (κ1) is 19.6. The largest absolute Gasteiger partial charge is 0.433 e. The fraction of sp³-hybridized carbons (Fsp3) is 0.381. The summed E-state index contributed by atoms with van der Waals surface area (Å²) >= 11 is 0. The van der Waals surface area contributed by atoms with E-state index in [9.17, 15) is 4.79 Å².